The first-order chi connectivity index (χ1) is 7.54. The smallest absolute Gasteiger partial charge is 0.143 e. The maximum absolute atomic E-state index is 12.2. The summed E-state index contributed by atoms with van der Waals surface area (Å²) in [7, 11) is 0. The van der Waals surface area contributed by atoms with Gasteiger partial charge < -0.3 is 0 Å². The van der Waals surface area contributed by atoms with Crippen LogP contribution in [0.3, 0.4) is 0 Å². The fraction of sp³-hybridized carbons (Fsp3) is 0.533. The molecule has 0 bridgehead atoms. The highest BCUT2D eigenvalue weighted by atomic mass is 16.1. The average Bonchev–Trinajstić information content (AvgIpc) is 2.22. The number of Topliss-reactive ketones (excluding diaryl/α,β-unsaturated/α-hetero) is 1. The van der Waals surface area contributed by atoms with E-state index in [9.17, 15) is 4.79 Å². The minimum Gasteiger partial charge on any atom is -0.299 e. The lowest BCUT2D eigenvalue weighted by molar-refractivity contribution is -0.125. The van der Waals surface area contributed by atoms with E-state index in [1.54, 1.807) is 0 Å². The van der Waals surface area contributed by atoms with Crippen LogP contribution in [0, 0.1) is 13.8 Å². The van der Waals surface area contributed by atoms with E-state index in [1.165, 1.54) is 23.1 Å². The number of hydrogen-bond donors (Lipinski definition) is 0. The van der Waals surface area contributed by atoms with E-state index in [4.69, 9.17) is 0 Å². The minimum atomic E-state index is -0.226. The third kappa shape index (κ3) is 1.79. The van der Waals surface area contributed by atoms with Crippen molar-refractivity contribution in [3.05, 3.63) is 34.9 Å². The van der Waals surface area contributed by atoms with Crippen LogP contribution in [-0.4, -0.2) is 5.78 Å². The molecule has 0 amide bonds. The number of carbonyl (C=O) groups excluding carboxylic acids is 1. The predicted octanol–water partition coefficient (Wildman–Crippen LogP) is 3.70. The molecule has 1 nitrogen and oxygen atoms in total. The normalized spacial score (nSPS) is 25.8. The average molecular weight is 216 g/mol. The van der Waals surface area contributed by atoms with Gasteiger partial charge >= 0.3 is 0 Å². The second kappa shape index (κ2) is 4.04. The van der Waals surface area contributed by atoms with Gasteiger partial charge in [0.2, 0.25) is 0 Å². The second-order valence-electron chi connectivity index (χ2n) is 5.28. The first-order valence-corrected chi connectivity index (χ1v) is 6.15. The Kier molecular flexibility index (Phi) is 2.88. The molecule has 0 radical (unpaired) electrons. The van der Waals surface area contributed by atoms with Crippen LogP contribution in [0.5, 0.6) is 0 Å². The number of carbonyl (C=O) groups is 1. The summed E-state index contributed by atoms with van der Waals surface area (Å²) in [5, 5.41) is 0. The van der Waals surface area contributed by atoms with Crippen LogP contribution in [0.1, 0.15) is 49.3 Å². The van der Waals surface area contributed by atoms with E-state index in [1.807, 2.05) is 0 Å². The number of ketones is 1. The van der Waals surface area contributed by atoms with Crippen molar-refractivity contribution in [1.29, 1.82) is 0 Å². The zero-order valence-electron chi connectivity index (χ0n) is 10.5. The van der Waals surface area contributed by atoms with Crippen LogP contribution in [0.4, 0.5) is 0 Å². The summed E-state index contributed by atoms with van der Waals surface area (Å²) in [5.74, 6) is 0.422. The van der Waals surface area contributed by atoms with Gasteiger partial charge in [0.15, 0.2) is 0 Å². The third-order valence-electron chi connectivity index (χ3n) is 3.92. The van der Waals surface area contributed by atoms with Crippen molar-refractivity contribution in [2.75, 3.05) is 0 Å². The molecule has 1 atom stereocenters. The Morgan fingerprint density at radius 2 is 1.94 bits per heavy atom. The van der Waals surface area contributed by atoms with E-state index >= 15 is 0 Å². The standard InChI is InChI=1S/C15H20O/c1-11-7-8-13(12(2)10-11)15(3)9-5-4-6-14(15)16/h7-8,10H,4-6,9H2,1-3H3. The van der Waals surface area contributed by atoms with Gasteiger partial charge in [-0.25, -0.2) is 0 Å². The molecule has 0 heterocycles. The van der Waals surface area contributed by atoms with Crippen molar-refractivity contribution >= 4 is 5.78 Å². The van der Waals surface area contributed by atoms with Gasteiger partial charge in [0.05, 0.1) is 5.41 Å². The molecule has 0 aromatic heterocycles. The highest BCUT2D eigenvalue weighted by Crippen LogP contribution is 2.37. The molecule has 0 N–H and O–H groups in total. The maximum Gasteiger partial charge on any atom is 0.143 e. The van der Waals surface area contributed by atoms with Crippen LogP contribution >= 0.6 is 0 Å². The zero-order chi connectivity index (χ0) is 11.8. The largest absolute Gasteiger partial charge is 0.299 e. The van der Waals surface area contributed by atoms with Crippen molar-refractivity contribution in [1.82, 2.24) is 0 Å². The molecular formula is C15H20O. The van der Waals surface area contributed by atoms with Gasteiger partial charge in [-0.15, -0.1) is 0 Å². The van der Waals surface area contributed by atoms with E-state index in [0.717, 1.165) is 19.3 Å². The Labute approximate surface area is 97.9 Å². The van der Waals surface area contributed by atoms with Gasteiger partial charge in [0, 0.05) is 6.42 Å². The molecule has 1 aromatic carbocycles. The number of aryl methyl sites for hydroxylation is 2. The van der Waals surface area contributed by atoms with E-state index in [2.05, 4.69) is 39.0 Å². The molecule has 0 saturated heterocycles. The molecular weight excluding hydrogens is 196 g/mol. The quantitative estimate of drug-likeness (QED) is 0.699. The van der Waals surface area contributed by atoms with E-state index in [0.29, 0.717) is 5.78 Å². The number of benzene rings is 1. The number of rotatable bonds is 1. The van der Waals surface area contributed by atoms with Gasteiger partial charge in [-0.1, -0.05) is 30.2 Å². The summed E-state index contributed by atoms with van der Waals surface area (Å²) in [5.41, 5.74) is 3.55. The van der Waals surface area contributed by atoms with Crippen LogP contribution in [0.15, 0.2) is 18.2 Å². The Morgan fingerprint density at radius 1 is 1.19 bits per heavy atom. The van der Waals surface area contributed by atoms with Gasteiger partial charge in [-0.05, 0) is 44.7 Å². The predicted molar refractivity (Wildman–Crippen MR) is 66.7 cm³/mol. The van der Waals surface area contributed by atoms with Crippen molar-refractivity contribution < 1.29 is 4.79 Å². The summed E-state index contributed by atoms with van der Waals surface area (Å²) in [6, 6.07) is 6.45. The number of hydrogen-bond acceptors (Lipinski definition) is 1. The van der Waals surface area contributed by atoms with Crippen molar-refractivity contribution in [2.45, 2.75) is 51.9 Å². The highest BCUT2D eigenvalue weighted by molar-refractivity contribution is 5.90. The Hall–Kier alpha value is -1.11. The molecule has 0 aliphatic heterocycles. The lowest BCUT2D eigenvalue weighted by Gasteiger charge is -2.33. The molecule has 1 aliphatic rings. The molecule has 1 heteroatoms. The third-order valence-corrected chi connectivity index (χ3v) is 3.92. The monoisotopic (exact) mass is 216 g/mol. The lowest BCUT2D eigenvalue weighted by Crippen LogP contribution is -2.36. The minimum absolute atomic E-state index is 0.226. The molecule has 86 valence electrons. The molecule has 1 aliphatic carbocycles. The summed E-state index contributed by atoms with van der Waals surface area (Å²) < 4.78 is 0. The molecule has 16 heavy (non-hydrogen) atoms. The van der Waals surface area contributed by atoms with Crippen molar-refractivity contribution in [2.24, 2.45) is 0 Å². The molecule has 1 unspecified atom stereocenters. The Bertz CT molecular complexity index is 419. The lowest BCUT2D eigenvalue weighted by atomic mass is 9.68. The van der Waals surface area contributed by atoms with Crippen molar-refractivity contribution in [3.63, 3.8) is 0 Å². The van der Waals surface area contributed by atoms with Gasteiger partial charge in [-0.2, -0.15) is 0 Å². The van der Waals surface area contributed by atoms with Crippen LogP contribution in [0.25, 0.3) is 0 Å². The fourth-order valence-electron chi connectivity index (χ4n) is 2.90. The summed E-state index contributed by atoms with van der Waals surface area (Å²) in [6.45, 7) is 6.34. The highest BCUT2D eigenvalue weighted by Gasteiger charge is 2.37. The Morgan fingerprint density at radius 3 is 2.56 bits per heavy atom. The maximum atomic E-state index is 12.2. The van der Waals surface area contributed by atoms with Crippen LogP contribution in [0.2, 0.25) is 0 Å². The molecule has 1 saturated carbocycles. The van der Waals surface area contributed by atoms with Crippen LogP contribution in [-0.2, 0) is 10.2 Å². The molecule has 1 fully saturated rings. The zero-order valence-corrected chi connectivity index (χ0v) is 10.5. The van der Waals surface area contributed by atoms with Gasteiger partial charge in [0.1, 0.15) is 5.78 Å². The summed E-state index contributed by atoms with van der Waals surface area (Å²) >= 11 is 0. The van der Waals surface area contributed by atoms with E-state index in [-0.39, 0.29) is 5.41 Å². The fourth-order valence-corrected chi connectivity index (χ4v) is 2.90. The molecule has 0 spiro atoms. The van der Waals surface area contributed by atoms with Gasteiger partial charge in [0.25, 0.3) is 0 Å². The summed E-state index contributed by atoms with van der Waals surface area (Å²) in [6.07, 6.45) is 4.01. The molecule has 2 rings (SSSR count). The Balaban J connectivity index is 2.45. The van der Waals surface area contributed by atoms with Gasteiger partial charge in [-0.3, -0.25) is 4.79 Å². The van der Waals surface area contributed by atoms with Crippen LogP contribution < -0.4 is 0 Å². The first-order valence-electron chi connectivity index (χ1n) is 6.15. The first kappa shape index (κ1) is 11.4. The van der Waals surface area contributed by atoms with Crippen molar-refractivity contribution in [3.8, 4) is 0 Å². The topological polar surface area (TPSA) is 17.1 Å². The molecule has 1 aromatic rings. The van der Waals surface area contributed by atoms with E-state index < -0.39 is 0 Å². The second-order valence-corrected chi connectivity index (χ2v) is 5.28. The summed E-state index contributed by atoms with van der Waals surface area (Å²) in [4.78, 5) is 12.2. The SMILES string of the molecule is Cc1ccc(C2(C)CCCCC2=O)c(C)c1.